The SMILES string of the molecule is CCC1(C)C(C)=C2C(=CC=CC(=[Si](C)C)C2C)[C]1(C1=CC=CC1)[Hf]([Cl])[Cl]. The van der Waals surface area contributed by atoms with Crippen LogP contribution in [-0.4, -0.2) is 13.6 Å². The van der Waals surface area contributed by atoms with Gasteiger partial charge in [0.1, 0.15) is 0 Å². The molecule has 0 heterocycles. The van der Waals surface area contributed by atoms with Crippen LogP contribution in [0.1, 0.15) is 40.5 Å². The summed E-state index contributed by atoms with van der Waals surface area (Å²) in [5.74, 6) is 0.463. The maximum absolute atomic E-state index is 7.09. The first-order valence-electron chi connectivity index (χ1n) is 9.55. The van der Waals surface area contributed by atoms with E-state index in [9.17, 15) is 0 Å². The summed E-state index contributed by atoms with van der Waals surface area (Å²) in [5.41, 5.74) is 5.99. The predicted molar refractivity (Wildman–Crippen MR) is 116 cm³/mol. The van der Waals surface area contributed by atoms with Gasteiger partial charge in [-0.25, -0.2) is 0 Å². The third-order valence-electron chi connectivity index (χ3n) is 7.01. The summed E-state index contributed by atoms with van der Waals surface area (Å²) in [6.45, 7) is 14.3. The number of allylic oxidation sites excluding steroid dienone is 10. The van der Waals surface area contributed by atoms with Crippen LogP contribution in [0.25, 0.3) is 0 Å². The van der Waals surface area contributed by atoms with Crippen LogP contribution in [0.4, 0.5) is 0 Å². The van der Waals surface area contributed by atoms with Crippen LogP contribution in [0, 0.1) is 11.3 Å². The monoisotopic (exact) mass is 571 g/mol. The van der Waals surface area contributed by atoms with Gasteiger partial charge < -0.3 is 0 Å². The van der Waals surface area contributed by atoms with Gasteiger partial charge in [0, 0.05) is 0 Å². The zero-order valence-electron chi connectivity index (χ0n) is 16.7. The maximum atomic E-state index is 7.09. The Hall–Kier alpha value is 0.237. The zero-order chi connectivity index (χ0) is 19.3. The number of hydrogen-bond acceptors (Lipinski definition) is 0. The summed E-state index contributed by atoms with van der Waals surface area (Å²) < 4.78 is -0.138. The van der Waals surface area contributed by atoms with E-state index in [2.05, 4.69) is 77.2 Å². The Labute approximate surface area is 175 Å². The topological polar surface area (TPSA) is 0 Å². The first-order valence-corrected chi connectivity index (χ1v) is 22.8. The van der Waals surface area contributed by atoms with Crippen molar-refractivity contribution in [2.24, 2.45) is 11.3 Å². The first-order chi connectivity index (χ1) is 12.2. The van der Waals surface area contributed by atoms with E-state index in [4.69, 9.17) is 17.2 Å². The van der Waals surface area contributed by atoms with Crippen molar-refractivity contribution in [3.8, 4) is 0 Å². The molecule has 0 spiro atoms. The molecular formula is C22H29Cl2HfSi. The van der Waals surface area contributed by atoms with Crippen LogP contribution in [0.15, 0.2) is 58.7 Å². The van der Waals surface area contributed by atoms with Crippen molar-refractivity contribution in [1.29, 1.82) is 0 Å². The molecule has 0 radical (unpaired) electrons. The third-order valence-corrected chi connectivity index (χ3v) is 19.5. The minimum absolute atomic E-state index is 0.0243. The fourth-order valence-electron chi connectivity index (χ4n) is 5.41. The molecule has 3 rings (SSSR count). The second-order valence-corrected chi connectivity index (χ2v) is 23.1. The molecule has 26 heavy (non-hydrogen) atoms. The Kier molecular flexibility index (Phi) is 6.11. The molecule has 0 aromatic rings. The van der Waals surface area contributed by atoms with E-state index in [1.807, 2.05) is 0 Å². The summed E-state index contributed by atoms with van der Waals surface area (Å²) >= 11 is -2.95. The Bertz CT molecular complexity index is 808. The van der Waals surface area contributed by atoms with Gasteiger partial charge in [-0.3, -0.25) is 0 Å². The second-order valence-electron chi connectivity index (χ2n) is 8.18. The van der Waals surface area contributed by atoms with Crippen molar-refractivity contribution in [2.45, 2.75) is 56.8 Å². The molecule has 0 fully saturated rings. The quantitative estimate of drug-likeness (QED) is 0.311. The van der Waals surface area contributed by atoms with E-state index in [0.717, 1.165) is 12.8 Å². The molecule has 0 nitrogen and oxygen atoms in total. The molecule has 0 aliphatic heterocycles. The van der Waals surface area contributed by atoms with Gasteiger partial charge in [0.05, 0.1) is 0 Å². The van der Waals surface area contributed by atoms with E-state index >= 15 is 0 Å². The van der Waals surface area contributed by atoms with Gasteiger partial charge in [-0.15, -0.1) is 0 Å². The van der Waals surface area contributed by atoms with E-state index in [0.29, 0.717) is 5.92 Å². The fourth-order valence-corrected chi connectivity index (χ4v) is 19.8. The summed E-state index contributed by atoms with van der Waals surface area (Å²) in [7, 11) is 13.7. The van der Waals surface area contributed by atoms with Crippen molar-refractivity contribution in [1.82, 2.24) is 0 Å². The molecule has 3 unspecified atom stereocenters. The van der Waals surface area contributed by atoms with Crippen LogP contribution >= 0.6 is 17.2 Å². The Morgan fingerprint density at radius 1 is 1.23 bits per heavy atom. The third kappa shape index (κ3) is 2.73. The molecule has 0 amide bonds. The average molecular weight is 571 g/mol. The fraction of sp³-hybridized carbons (Fsp3) is 0.500. The van der Waals surface area contributed by atoms with Crippen LogP contribution in [0.3, 0.4) is 0 Å². The summed E-state index contributed by atoms with van der Waals surface area (Å²) in [5, 5.41) is 1.61. The molecule has 0 saturated carbocycles. The summed E-state index contributed by atoms with van der Waals surface area (Å²) in [6.07, 6.45) is 15.8. The van der Waals surface area contributed by atoms with Gasteiger partial charge in [0.15, 0.2) is 0 Å². The molecule has 0 bridgehead atoms. The molecule has 0 aromatic carbocycles. The zero-order valence-corrected chi connectivity index (χ0v) is 22.8. The van der Waals surface area contributed by atoms with E-state index in [1.54, 1.807) is 5.17 Å². The predicted octanol–water partition coefficient (Wildman–Crippen LogP) is 7.34. The first kappa shape index (κ1) is 21.0. The molecule has 0 aromatic heterocycles. The van der Waals surface area contributed by atoms with E-state index in [-0.39, 0.29) is 8.59 Å². The molecule has 3 atom stereocenters. The van der Waals surface area contributed by atoms with Gasteiger partial charge in [0.2, 0.25) is 0 Å². The average Bonchev–Trinajstić information content (AvgIpc) is 3.12. The summed E-state index contributed by atoms with van der Waals surface area (Å²) in [4.78, 5) is 0. The van der Waals surface area contributed by atoms with Crippen molar-refractivity contribution in [3.05, 3.63) is 58.7 Å². The van der Waals surface area contributed by atoms with Gasteiger partial charge in [-0.05, 0) is 0 Å². The molecule has 0 N–H and O–H groups in total. The van der Waals surface area contributed by atoms with Crippen LogP contribution < -0.4 is 0 Å². The number of halogens is 2. The van der Waals surface area contributed by atoms with Crippen molar-refractivity contribution < 1.29 is 19.1 Å². The van der Waals surface area contributed by atoms with Crippen LogP contribution in [-0.2, 0) is 19.1 Å². The molecule has 0 saturated heterocycles. The van der Waals surface area contributed by atoms with Crippen molar-refractivity contribution in [2.75, 3.05) is 0 Å². The second kappa shape index (κ2) is 7.58. The molecule has 4 heteroatoms. The van der Waals surface area contributed by atoms with E-state index < -0.39 is 27.5 Å². The van der Waals surface area contributed by atoms with Gasteiger partial charge in [-0.2, -0.15) is 0 Å². The standard InChI is InChI=1S/C22H29Si.2ClH.Hf/c1-7-22(4)16(3)20-15(2)19(23(5)6)14-10-13-18(20)21(22)17-11-8-9-12-17;;;/h8-11,13-15H,7,12H2,1-6H3;2*1H;/q;;;+2/p-2. The van der Waals surface area contributed by atoms with Crippen LogP contribution in [0.2, 0.25) is 16.3 Å². The molecule has 3 aliphatic carbocycles. The number of hydrogen-bond donors (Lipinski definition) is 0. The Morgan fingerprint density at radius 2 is 1.92 bits per heavy atom. The Balaban J connectivity index is 2.35. The van der Waals surface area contributed by atoms with E-state index in [1.165, 1.54) is 22.3 Å². The minimum atomic E-state index is -2.95. The van der Waals surface area contributed by atoms with Crippen molar-refractivity contribution >= 4 is 30.7 Å². The number of fused-ring (bicyclic) bond motifs is 1. The molecular weight excluding hydrogens is 542 g/mol. The Morgan fingerprint density at radius 3 is 2.42 bits per heavy atom. The van der Waals surface area contributed by atoms with Crippen molar-refractivity contribution in [3.63, 3.8) is 0 Å². The van der Waals surface area contributed by atoms with Gasteiger partial charge in [-0.1, -0.05) is 0 Å². The van der Waals surface area contributed by atoms with Gasteiger partial charge in [0.25, 0.3) is 0 Å². The molecule has 139 valence electrons. The molecule has 3 aliphatic rings. The van der Waals surface area contributed by atoms with Crippen LogP contribution in [0.5, 0.6) is 0 Å². The van der Waals surface area contributed by atoms with Gasteiger partial charge >= 0.3 is 177 Å². The number of rotatable bonds is 3. The summed E-state index contributed by atoms with van der Waals surface area (Å²) in [6, 6.07) is 0. The normalized spacial score (nSPS) is 33.2.